The molecule has 0 spiro atoms. The molecule has 1 aliphatic carbocycles. The van der Waals surface area contributed by atoms with E-state index in [0.29, 0.717) is 12.4 Å². The Hall–Kier alpha value is -2.69. The smallest absolute Gasteiger partial charge is 0.245 e. The molecule has 0 bridgehead atoms. The van der Waals surface area contributed by atoms with Crippen LogP contribution in [0, 0.1) is 13.8 Å². The molecule has 5 nitrogen and oxygen atoms in total. The first-order valence-corrected chi connectivity index (χ1v) is 8.33. The Balaban J connectivity index is 1.84. The van der Waals surface area contributed by atoms with Gasteiger partial charge in [0.15, 0.2) is 5.78 Å². The van der Waals surface area contributed by atoms with Crippen molar-refractivity contribution in [2.45, 2.75) is 39.2 Å². The topological polar surface area (TPSA) is 58.1 Å². The van der Waals surface area contributed by atoms with Gasteiger partial charge in [-0.15, -0.1) is 0 Å². The lowest BCUT2D eigenvalue weighted by Gasteiger charge is -2.27. The maximum absolute atomic E-state index is 12.6. The third kappa shape index (κ3) is 2.46. The number of nitrogens with one attached hydrogen (secondary N) is 1. The van der Waals surface area contributed by atoms with Crippen molar-refractivity contribution in [3.8, 4) is 0 Å². The Morgan fingerprint density at radius 3 is 2.50 bits per heavy atom. The molecule has 0 saturated carbocycles. The molecule has 0 amide bonds. The summed E-state index contributed by atoms with van der Waals surface area (Å²) in [6.45, 7) is 3.93. The van der Waals surface area contributed by atoms with Gasteiger partial charge in [-0.2, -0.15) is 0 Å². The molecule has 4 rings (SSSR count). The van der Waals surface area contributed by atoms with E-state index in [4.69, 9.17) is 0 Å². The van der Waals surface area contributed by atoms with Gasteiger partial charge in [0.2, 0.25) is 5.95 Å². The maximum atomic E-state index is 12.6. The van der Waals surface area contributed by atoms with Gasteiger partial charge >= 0.3 is 0 Å². The summed E-state index contributed by atoms with van der Waals surface area (Å²) in [6.07, 6.45) is 2.41. The molecular weight excluding hydrogens is 300 g/mol. The molecule has 1 N–H and O–H groups in total. The molecule has 2 aromatic rings. The highest BCUT2D eigenvalue weighted by atomic mass is 16.1. The van der Waals surface area contributed by atoms with Crippen LogP contribution in [0.25, 0.3) is 0 Å². The Kier molecular flexibility index (Phi) is 3.56. The molecule has 5 heteroatoms. The van der Waals surface area contributed by atoms with E-state index in [1.807, 2.05) is 43.1 Å². The second-order valence-electron chi connectivity index (χ2n) is 6.41. The monoisotopic (exact) mass is 320 g/mol. The van der Waals surface area contributed by atoms with Crippen LogP contribution in [0.5, 0.6) is 0 Å². The average molecular weight is 320 g/mol. The minimum absolute atomic E-state index is 0.171. The van der Waals surface area contributed by atoms with Crippen molar-refractivity contribution in [2.24, 2.45) is 0 Å². The number of anilines is 1. The molecule has 2 heterocycles. The Labute approximate surface area is 141 Å². The van der Waals surface area contributed by atoms with Crippen LogP contribution in [0.3, 0.4) is 0 Å². The minimum atomic E-state index is -0.171. The Morgan fingerprint density at radius 2 is 1.79 bits per heavy atom. The molecule has 24 heavy (non-hydrogen) atoms. The number of nitrogens with zero attached hydrogens (tertiary/aromatic N) is 3. The highest BCUT2D eigenvalue weighted by Gasteiger charge is 2.40. The van der Waals surface area contributed by atoms with Crippen LogP contribution in [-0.4, -0.2) is 15.8 Å². The Bertz CT molecular complexity index is 808. The summed E-state index contributed by atoms with van der Waals surface area (Å²) in [7, 11) is 0. The first kappa shape index (κ1) is 14.9. The summed E-state index contributed by atoms with van der Waals surface area (Å²) in [6, 6.07) is 11.9. The largest absolute Gasteiger partial charge is 0.299 e. The van der Waals surface area contributed by atoms with E-state index < -0.39 is 0 Å². The fourth-order valence-corrected chi connectivity index (χ4v) is 3.57. The summed E-state index contributed by atoms with van der Waals surface area (Å²) in [5, 5.41) is 1.95. The highest BCUT2D eigenvalue weighted by Crippen LogP contribution is 2.40. The van der Waals surface area contributed by atoms with Crippen LogP contribution >= 0.6 is 0 Å². The second kappa shape index (κ2) is 5.74. The third-order valence-electron chi connectivity index (χ3n) is 4.54. The quantitative estimate of drug-likeness (QED) is 0.921. The molecule has 1 aromatic carbocycles. The van der Waals surface area contributed by atoms with E-state index in [1.165, 1.54) is 0 Å². The molecule has 2 aliphatic rings. The van der Waals surface area contributed by atoms with Crippen LogP contribution < -0.4 is 10.4 Å². The predicted molar refractivity (Wildman–Crippen MR) is 92.2 cm³/mol. The van der Waals surface area contributed by atoms with Crippen molar-refractivity contribution in [1.82, 2.24) is 15.4 Å². The molecule has 0 radical (unpaired) electrons. The summed E-state index contributed by atoms with van der Waals surface area (Å²) in [5.41, 5.74) is 8.21. The van der Waals surface area contributed by atoms with Gasteiger partial charge in [0.1, 0.15) is 6.04 Å². The lowest BCUT2D eigenvalue weighted by atomic mass is 9.88. The molecule has 1 atom stereocenters. The first-order chi connectivity index (χ1) is 11.6. The zero-order chi connectivity index (χ0) is 16.7. The summed E-state index contributed by atoms with van der Waals surface area (Å²) in [5.74, 6) is 0.841. The lowest BCUT2D eigenvalue weighted by molar-refractivity contribution is -0.116. The maximum Gasteiger partial charge on any atom is 0.245 e. The molecule has 0 fully saturated rings. The van der Waals surface area contributed by atoms with E-state index in [0.717, 1.165) is 41.1 Å². The molecule has 1 aromatic heterocycles. The average Bonchev–Trinajstić information content (AvgIpc) is 2.96. The van der Waals surface area contributed by atoms with Crippen molar-refractivity contribution in [3.05, 3.63) is 64.6 Å². The SMILES string of the molecule is Cc1cc(C)nc(N2NC3=C(C(=O)CCC3)C2c2ccccc2)n1. The number of hydrogen-bond acceptors (Lipinski definition) is 5. The van der Waals surface area contributed by atoms with Gasteiger partial charge in [-0.1, -0.05) is 30.3 Å². The molecule has 1 aliphatic heterocycles. The van der Waals surface area contributed by atoms with E-state index >= 15 is 0 Å². The molecule has 1 unspecified atom stereocenters. The minimum Gasteiger partial charge on any atom is -0.299 e. The van der Waals surface area contributed by atoms with Crippen LogP contribution in [0.1, 0.15) is 42.3 Å². The van der Waals surface area contributed by atoms with Gasteiger partial charge in [0.05, 0.1) is 0 Å². The van der Waals surface area contributed by atoms with E-state index in [9.17, 15) is 4.79 Å². The van der Waals surface area contributed by atoms with Crippen molar-refractivity contribution >= 4 is 11.7 Å². The van der Waals surface area contributed by atoms with Crippen LogP contribution in [0.15, 0.2) is 47.7 Å². The number of benzene rings is 1. The molecule has 0 saturated heterocycles. The zero-order valence-corrected chi connectivity index (χ0v) is 13.9. The van der Waals surface area contributed by atoms with Crippen molar-refractivity contribution in [1.29, 1.82) is 0 Å². The van der Waals surface area contributed by atoms with Gasteiger partial charge in [0, 0.05) is 29.1 Å². The van der Waals surface area contributed by atoms with Crippen molar-refractivity contribution in [2.75, 3.05) is 5.01 Å². The number of rotatable bonds is 2. The summed E-state index contributed by atoms with van der Waals surface area (Å²) < 4.78 is 0. The van der Waals surface area contributed by atoms with Gasteiger partial charge < -0.3 is 0 Å². The number of carbonyl (C=O) groups excluding carboxylic acids is 1. The third-order valence-corrected chi connectivity index (χ3v) is 4.54. The number of Topliss-reactive ketones (excluding diaryl/α,β-unsaturated/α-hetero) is 1. The number of ketones is 1. The normalized spacial score (nSPS) is 20.2. The van der Waals surface area contributed by atoms with E-state index in [-0.39, 0.29) is 11.8 Å². The van der Waals surface area contributed by atoms with Gasteiger partial charge in [-0.25, -0.2) is 15.0 Å². The van der Waals surface area contributed by atoms with E-state index in [2.05, 4.69) is 27.5 Å². The fraction of sp³-hybridized carbons (Fsp3) is 0.316. The number of aryl methyl sites for hydroxylation is 2. The number of aromatic nitrogens is 2. The summed E-state index contributed by atoms with van der Waals surface area (Å²) >= 11 is 0. The Morgan fingerprint density at radius 1 is 1.08 bits per heavy atom. The van der Waals surface area contributed by atoms with Crippen molar-refractivity contribution in [3.63, 3.8) is 0 Å². The number of allylic oxidation sites excluding steroid dienone is 1. The number of hydrazine groups is 1. The summed E-state index contributed by atoms with van der Waals surface area (Å²) in [4.78, 5) is 21.8. The standard InChI is InChI=1S/C19H20N4O/c1-12-11-13(2)21-19(20-12)23-18(14-7-4-3-5-8-14)17-15(22-23)9-6-10-16(17)24/h3-5,7-8,11,18,22H,6,9-10H2,1-2H3. The second-order valence-corrected chi connectivity index (χ2v) is 6.41. The predicted octanol–water partition coefficient (Wildman–Crippen LogP) is 3.17. The van der Waals surface area contributed by atoms with E-state index in [1.54, 1.807) is 0 Å². The number of carbonyl (C=O) groups is 1. The first-order valence-electron chi connectivity index (χ1n) is 8.33. The van der Waals surface area contributed by atoms with Gasteiger partial charge in [-0.3, -0.25) is 10.2 Å². The zero-order valence-electron chi connectivity index (χ0n) is 13.9. The van der Waals surface area contributed by atoms with Gasteiger partial charge in [-0.05, 0) is 38.3 Å². The fourth-order valence-electron chi connectivity index (χ4n) is 3.57. The molecule has 122 valence electrons. The van der Waals surface area contributed by atoms with Crippen LogP contribution in [-0.2, 0) is 4.79 Å². The van der Waals surface area contributed by atoms with Crippen molar-refractivity contribution < 1.29 is 4.79 Å². The lowest BCUT2D eigenvalue weighted by Crippen LogP contribution is -2.36. The highest BCUT2D eigenvalue weighted by molar-refractivity contribution is 5.99. The number of hydrogen-bond donors (Lipinski definition) is 1. The molecular formula is C19H20N4O. The van der Waals surface area contributed by atoms with Crippen LogP contribution in [0.2, 0.25) is 0 Å². The van der Waals surface area contributed by atoms with Gasteiger partial charge in [0.25, 0.3) is 0 Å². The van der Waals surface area contributed by atoms with Crippen LogP contribution in [0.4, 0.5) is 5.95 Å².